The highest BCUT2D eigenvalue weighted by Crippen LogP contribution is 2.36. The van der Waals surface area contributed by atoms with E-state index in [1.54, 1.807) is 0 Å². The molecule has 7 nitrogen and oxygen atoms in total. The van der Waals surface area contributed by atoms with Crippen LogP contribution in [0.25, 0.3) is 0 Å². The number of rotatable bonds is 3. The summed E-state index contributed by atoms with van der Waals surface area (Å²) in [6, 6.07) is 0. The number of nitro groups is 1. The van der Waals surface area contributed by atoms with Gasteiger partial charge in [0, 0.05) is 0 Å². The molecule has 1 rings (SSSR count). The lowest BCUT2D eigenvalue weighted by molar-refractivity contribution is -0.392. The molecule has 0 aliphatic carbocycles. The minimum atomic E-state index is -4.69. The van der Waals surface area contributed by atoms with Crippen LogP contribution in [-0.2, 0) is 10.0 Å². The van der Waals surface area contributed by atoms with E-state index in [2.05, 4.69) is 26.1 Å². The molecule has 94 valence electrons. The van der Waals surface area contributed by atoms with E-state index >= 15 is 0 Å². The Bertz CT molecular complexity index is 577. The van der Waals surface area contributed by atoms with Crippen molar-refractivity contribution in [1.29, 1.82) is 0 Å². The minimum absolute atomic E-state index is 0.373. The third-order valence-corrected chi connectivity index (χ3v) is 3.28. The molecule has 0 aromatic carbocycles. The Hall–Kier alpha value is -1.20. The van der Waals surface area contributed by atoms with Gasteiger partial charge in [-0.05, 0) is 25.8 Å². The van der Waals surface area contributed by atoms with Gasteiger partial charge in [-0.25, -0.2) is 22.3 Å². The Morgan fingerprint density at radius 3 is 2.41 bits per heavy atom. The molecule has 17 heavy (non-hydrogen) atoms. The third-order valence-electron chi connectivity index (χ3n) is 1.68. The number of sulfonamides is 1. The molecule has 0 radical (unpaired) electrons. The van der Waals surface area contributed by atoms with Gasteiger partial charge < -0.3 is 10.1 Å². The summed E-state index contributed by atoms with van der Waals surface area (Å²) < 4.78 is 47.2. The van der Waals surface area contributed by atoms with Gasteiger partial charge in [0.05, 0.1) is 10.0 Å². The summed E-state index contributed by atoms with van der Waals surface area (Å²) in [4.78, 5) is 11.2. The van der Waals surface area contributed by atoms with Gasteiger partial charge in [-0.1, -0.05) is 0 Å². The van der Waals surface area contributed by atoms with Gasteiger partial charge in [-0.3, -0.25) is 0 Å². The second-order valence-corrected chi connectivity index (χ2v) is 5.13. The van der Waals surface area contributed by atoms with Crippen molar-refractivity contribution < 1.29 is 22.1 Å². The number of nitrogens with zero attached hydrogens (tertiary/aromatic N) is 2. The lowest BCUT2D eigenvalue weighted by Crippen LogP contribution is -2.18. The Kier molecular flexibility index (Phi) is 3.74. The highest BCUT2D eigenvalue weighted by molar-refractivity contribution is 9.10. The zero-order valence-electron chi connectivity index (χ0n) is 7.80. The topological polar surface area (TPSA) is 116 Å². The van der Waals surface area contributed by atoms with E-state index in [-0.39, 0.29) is 4.47 Å². The highest BCUT2D eigenvalue weighted by atomic mass is 79.9. The van der Waals surface area contributed by atoms with Gasteiger partial charge in [0.15, 0.2) is 11.1 Å². The first-order chi connectivity index (χ1) is 7.66. The molecule has 0 aliphatic heterocycles. The normalized spacial score (nSPS) is 11.8. The van der Waals surface area contributed by atoms with Crippen LogP contribution < -0.4 is 5.14 Å². The molecule has 0 fully saturated rings. The van der Waals surface area contributed by atoms with Crippen molar-refractivity contribution in [3.8, 4) is 0 Å². The van der Waals surface area contributed by atoms with Gasteiger partial charge in [-0.2, -0.15) is 0 Å². The number of hydrogen-bond acceptors (Lipinski definition) is 5. The van der Waals surface area contributed by atoms with Crippen LogP contribution in [-0.4, -0.2) is 18.3 Å². The number of pyridine rings is 1. The predicted octanol–water partition coefficient (Wildman–Crippen LogP) is 1.34. The van der Waals surface area contributed by atoms with E-state index in [1.807, 2.05) is 0 Å². The molecule has 0 amide bonds. The Morgan fingerprint density at radius 1 is 1.53 bits per heavy atom. The average molecular weight is 332 g/mol. The summed E-state index contributed by atoms with van der Waals surface area (Å²) in [6.07, 6.45) is -2.53. The molecular formula is C6H4BrF2N3O4S. The van der Waals surface area contributed by atoms with Crippen molar-refractivity contribution in [2.24, 2.45) is 5.14 Å². The number of nitrogens with two attached hydrogens (primary N) is 1. The van der Waals surface area contributed by atoms with Crippen molar-refractivity contribution in [2.75, 3.05) is 0 Å². The molecule has 0 saturated carbocycles. The Morgan fingerprint density at radius 2 is 2.06 bits per heavy atom. The molecule has 11 heteroatoms. The van der Waals surface area contributed by atoms with Gasteiger partial charge >= 0.3 is 5.82 Å². The SMILES string of the molecule is NS(=O)(=O)c1c([N+](=O)[O-])ncc(Br)c1C(F)F. The molecule has 0 saturated heterocycles. The summed E-state index contributed by atoms with van der Waals surface area (Å²) in [6.45, 7) is 0. The molecule has 1 aromatic rings. The molecule has 0 bridgehead atoms. The fourth-order valence-corrected chi connectivity index (χ4v) is 2.58. The Balaban J connectivity index is 3.82. The van der Waals surface area contributed by atoms with Crippen LogP contribution in [0.4, 0.5) is 14.6 Å². The van der Waals surface area contributed by atoms with Crippen LogP contribution in [0.3, 0.4) is 0 Å². The lowest BCUT2D eigenvalue weighted by Gasteiger charge is -2.07. The largest absolute Gasteiger partial charge is 0.384 e. The second kappa shape index (κ2) is 4.58. The van der Waals surface area contributed by atoms with Crippen molar-refractivity contribution in [2.45, 2.75) is 11.3 Å². The van der Waals surface area contributed by atoms with Crippen LogP contribution in [0.15, 0.2) is 15.6 Å². The maximum Gasteiger partial charge on any atom is 0.384 e. The van der Waals surface area contributed by atoms with E-state index in [0.717, 1.165) is 0 Å². The first-order valence-electron chi connectivity index (χ1n) is 3.80. The standard InChI is InChI=1S/C6H4BrF2N3O4S/c7-2-1-11-6(12(13)14)4(17(10,15)16)3(2)5(8)9/h1,5H,(H2,10,15,16). The second-order valence-electron chi connectivity index (χ2n) is 2.78. The minimum Gasteiger partial charge on any atom is -0.358 e. The van der Waals surface area contributed by atoms with Crippen molar-refractivity contribution in [1.82, 2.24) is 4.98 Å². The number of halogens is 3. The monoisotopic (exact) mass is 331 g/mol. The highest BCUT2D eigenvalue weighted by Gasteiger charge is 2.34. The van der Waals surface area contributed by atoms with Crippen LogP contribution in [0.1, 0.15) is 12.0 Å². The first-order valence-corrected chi connectivity index (χ1v) is 6.14. The van der Waals surface area contributed by atoms with E-state index in [4.69, 9.17) is 0 Å². The summed E-state index contributed by atoms with van der Waals surface area (Å²) in [5.41, 5.74) is -1.07. The van der Waals surface area contributed by atoms with Crippen LogP contribution in [0.5, 0.6) is 0 Å². The summed E-state index contributed by atoms with van der Waals surface area (Å²) in [5.74, 6) is -1.23. The summed E-state index contributed by atoms with van der Waals surface area (Å²) in [5, 5.41) is 15.2. The lowest BCUT2D eigenvalue weighted by atomic mass is 10.2. The quantitative estimate of drug-likeness (QED) is 0.662. The molecular weight excluding hydrogens is 328 g/mol. The number of aromatic nitrogens is 1. The van der Waals surface area contributed by atoms with E-state index in [9.17, 15) is 27.3 Å². The third kappa shape index (κ3) is 2.73. The molecule has 1 heterocycles. The molecule has 0 unspecified atom stereocenters. The van der Waals surface area contributed by atoms with Crippen LogP contribution >= 0.6 is 15.9 Å². The fourth-order valence-electron chi connectivity index (χ4n) is 1.09. The van der Waals surface area contributed by atoms with Crippen molar-refractivity contribution in [3.63, 3.8) is 0 Å². The van der Waals surface area contributed by atoms with Gasteiger partial charge in [0.1, 0.15) is 0 Å². The van der Waals surface area contributed by atoms with Crippen molar-refractivity contribution >= 4 is 31.8 Å². The molecule has 0 atom stereocenters. The molecule has 1 aromatic heterocycles. The number of hydrogen-bond donors (Lipinski definition) is 1. The summed E-state index contributed by atoms with van der Waals surface area (Å²) >= 11 is 2.64. The number of alkyl halides is 2. The van der Waals surface area contributed by atoms with E-state index in [0.29, 0.717) is 6.20 Å². The van der Waals surface area contributed by atoms with Gasteiger partial charge in [0.25, 0.3) is 6.43 Å². The zero-order chi connectivity index (χ0) is 13.4. The number of primary sulfonamides is 1. The predicted molar refractivity (Wildman–Crippen MR) is 54.9 cm³/mol. The van der Waals surface area contributed by atoms with E-state index in [1.165, 1.54) is 0 Å². The van der Waals surface area contributed by atoms with Crippen molar-refractivity contribution in [3.05, 3.63) is 26.3 Å². The van der Waals surface area contributed by atoms with Gasteiger partial charge in [-0.15, -0.1) is 0 Å². The maximum absolute atomic E-state index is 12.7. The smallest absolute Gasteiger partial charge is 0.358 e. The van der Waals surface area contributed by atoms with Crippen LogP contribution in [0, 0.1) is 10.1 Å². The fraction of sp³-hybridized carbons (Fsp3) is 0.167. The van der Waals surface area contributed by atoms with Gasteiger partial charge in [0.2, 0.25) is 10.0 Å². The molecule has 2 N–H and O–H groups in total. The maximum atomic E-state index is 12.7. The molecule has 0 spiro atoms. The van der Waals surface area contributed by atoms with E-state index < -0.39 is 37.6 Å². The van der Waals surface area contributed by atoms with Crippen LogP contribution in [0.2, 0.25) is 0 Å². The Labute approximate surface area is 102 Å². The zero-order valence-corrected chi connectivity index (χ0v) is 10.2. The average Bonchev–Trinajstić information content (AvgIpc) is 2.14. The molecule has 0 aliphatic rings. The summed E-state index contributed by atoms with van der Waals surface area (Å²) in [7, 11) is -4.69. The first kappa shape index (κ1) is 13.9.